The second-order valence-electron chi connectivity index (χ2n) is 4.59. The fourth-order valence-corrected chi connectivity index (χ4v) is 2.14. The van der Waals surface area contributed by atoms with Crippen molar-refractivity contribution >= 4 is 11.5 Å². The third-order valence-electron chi connectivity index (χ3n) is 3.13. The molecule has 1 heterocycles. The third-order valence-corrected chi connectivity index (χ3v) is 3.13. The maximum atomic E-state index is 5.83. The van der Waals surface area contributed by atoms with Crippen LogP contribution in [0.2, 0.25) is 0 Å². The summed E-state index contributed by atoms with van der Waals surface area (Å²) >= 11 is 0. The smallest absolute Gasteiger partial charge is 0.169 e. The van der Waals surface area contributed by atoms with Crippen molar-refractivity contribution in [2.75, 3.05) is 13.2 Å². The van der Waals surface area contributed by atoms with E-state index in [4.69, 9.17) is 9.47 Å². The first-order valence-electron chi connectivity index (χ1n) is 6.47. The first-order chi connectivity index (χ1) is 9.34. The van der Waals surface area contributed by atoms with Crippen LogP contribution in [0.15, 0.2) is 54.6 Å². The van der Waals surface area contributed by atoms with Crippen molar-refractivity contribution in [3.8, 4) is 0 Å². The van der Waals surface area contributed by atoms with E-state index in [1.165, 1.54) is 5.56 Å². The number of aryl methyl sites for hydroxylation is 1. The Morgan fingerprint density at radius 2 is 1.21 bits per heavy atom. The number of hydrogen-bond acceptors (Lipinski definition) is 2. The molecule has 0 amide bonds. The highest BCUT2D eigenvalue weighted by Crippen LogP contribution is 2.31. The van der Waals surface area contributed by atoms with Crippen LogP contribution in [0, 0.1) is 6.92 Å². The van der Waals surface area contributed by atoms with Gasteiger partial charge in [-0.1, -0.05) is 60.2 Å². The minimum Gasteiger partial charge on any atom is -0.485 e. The lowest BCUT2D eigenvalue weighted by Gasteiger charge is -2.22. The minimum absolute atomic E-state index is 0.597. The lowest BCUT2D eigenvalue weighted by atomic mass is 10.1. The standard InChI is InChI=1S/C17H16O2/c1-13-7-9-15(10-8-13)17-16(18-11-12-19-17)14-5-3-2-4-6-14/h2-10H,11-12H2,1H3. The van der Waals surface area contributed by atoms with Gasteiger partial charge in [-0.3, -0.25) is 0 Å². The summed E-state index contributed by atoms with van der Waals surface area (Å²) in [5.74, 6) is 1.66. The van der Waals surface area contributed by atoms with Crippen LogP contribution in [-0.2, 0) is 9.47 Å². The summed E-state index contributed by atoms with van der Waals surface area (Å²) in [6.07, 6.45) is 0. The molecule has 0 aliphatic carbocycles. The molecule has 2 aromatic rings. The molecule has 0 unspecified atom stereocenters. The second-order valence-corrected chi connectivity index (χ2v) is 4.59. The van der Waals surface area contributed by atoms with Gasteiger partial charge in [0.25, 0.3) is 0 Å². The van der Waals surface area contributed by atoms with Crippen molar-refractivity contribution in [1.82, 2.24) is 0 Å². The third kappa shape index (κ3) is 2.48. The Kier molecular flexibility index (Phi) is 3.23. The van der Waals surface area contributed by atoms with Crippen LogP contribution in [0.1, 0.15) is 16.7 Å². The molecule has 0 bridgehead atoms. The van der Waals surface area contributed by atoms with E-state index in [1.54, 1.807) is 0 Å². The van der Waals surface area contributed by atoms with Gasteiger partial charge in [-0.2, -0.15) is 0 Å². The number of benzene rings is 2. The number of ether oxygens (including phenoxy) is 2. The summed E-state index contributed by atoms with van der Waals surface area (Å²) in [6.45, 7) is 3.27. The van der Waals surface area contributed by atoms with E-state index in [2.05, 4.69) is 31.2 Å². The second kappa shape index (κ2) is 5.19. The van der Waals surface area contributed by atoms with Crippen molar-refractivity contribution in [2.45, 2.75) is 6.92 Å². The Balaban J connectivity index is 2.08. The first kappa shape index (κ1) is 11.8. The molecule has 3 rings (SSSR count). The van der Waals surface area contributed by atoms with E-state index in [0.29, 0.717) is 13.2 Å². The van der Waals surface area contributed by atoms with Gasteiger partial charge in [0.1, 0.15) is 13.2 Å². The summed E-state index contributed by atoms with van der Waals surface area (Å²) in [7, 11) is 0. The molecule has 0 aromatic heterocycles. The van der Waals surface area contributed by atoms with Gasteiger partial charge in [-0.05, 0) is 6.92 Å². The average Bonchev–Trinajstić information content (AvgIpc) is 2.49. The normalized spacial score (nSPS) is 14.8. The molecule has 0 fully saturated rings. The Bertz CT molecular complexity index is 582. The zero-order valence-corrected chi connectivity index (χ0v) is 10.9. The monoisotopic (exact) mass is 252 g/mol. The SMILES string of the molecule is Cc1ccc(C2=C(c3ccccc3)OCCO2)cc1. The van der Waals surface area contributed by atoms with Crippen LogP contribution >= 0.6 is 0 Å². The fraction of sp³-hybridized carbons (Fsp3) is 0.176. The Morgan fingerprint density at radius 1 is 0.684 bits per heavy atom. The van der Waals surface area contributed by atoms with Crippen LogP contribution in [-0.4, -0.2) is 13.2 Å². The topological polar surface area (TPSA) is 18.5 Å². The quantitative estimate of drug-likeness (QED) is 0.807. The molecule has 19 heavy (non-hydrogen) atoms. The molecular formula is C17H16O2. The largest absolute Gasteiger partial charge is 0.485 e. The van der Waals surface area contributed by atoms with E-state index >= 15 is 0 Å². The molecule has 2 heteroatoms. The van der Waals surface area contributed by atoms with Gasteiger partial charge in [-0.15, -0.1) is 0 Å². The molecule has 2 aromatic carbocycles. The zero-order chi connectivity index (χ0) is 13.1. The van der Waals surface area contributed by atoms with Crippen LogP contribution < -0.4 is 0 Å². The van der Waals surface area contributed by atoms with Crippen molar-refractivity contribution in [2.24, 2.45) is 0 Å². The lowest BCUT2D eigenvalue weighted by Crippen LogP contribution is -2.12. The van der Waals surface area contributed by atoms with E-state index in [-0.39, 0.29) is 0 Å². The predicted molar refractivity (Wildman–Crippen MR) is 76.3 cm³/mol. The molecule has 2 nitrogen and oxygen atoms in total. The zero-order valence-electron chi connectivity index (χ0n) is 10.9. The van der Waals surface area contributed by atoms with Gasteiger partial charge in [0.15, 0.2) is 11.5 Å². The van der Waals surface area contributed by atoms with E-state index in [0.717, 1.165) is 22.6 Å². The molecular weight excluding hydrogens is 236 g/mol. The van der Waals surface area contributed by atoms with E-state index < -0.39 is 0 Å². The van der Waals surface area contributed by atoms with Crippen molar-refractivity contribution in [1.29, 1.82) is 0 Å². The van der Waals surface area contributed by atoms with E-state index in [9.17, 15) is 0 Å². The summed E-state index contributed by atoms with van der Waals surface area (Å²) in [5.41, 5.74) is 3.35. The molecule has 96 valence electrons. The van der Waals surface area contributed by atoms with Crippen LogP contribution in [0.5, 0.6) is 0 Å². The van der Waals surface area contributed by atoms with Crippen LogP contribution in [0.3, 0.4) is 0 Å². The maximum absolute atomic E-state index is 5.83. The number of hydrogen-bond donors (Lipinski definition) is 0. The maximum Gasteiger partial charge on any atom is 0.169 e. The Labute approximate surface area is 113 Å². The van der Waals surface area contributed by atoms with Crippen molar-refractivity contribution < 1.29 is 9.47 Å². The van der Waals surface area contributed by atoms with Gasteiger partial charge in [0.05, 0.1) is 0 Å². The molecule has 0 atom stereocenters. The van der Waals surface area contributed by atoms with E-state index in [1.807, 2.05) is 30.3 Å². The molecule has 0 N–H and O–H groups in total. The molecule has 0 radical (unpaired) electrons. The number of rotatable bonds is 2. The molecule has 0 saturated carbocycles. The van der Waals surface area contributed by atoms with Gasteiger partial charge >= 0.3 is 0 Å². The first-order valence-corrected chi connectivity index (χ1v) is 6.47. The highest BCUT2D eigenvalue weighted by atomic mass is 16.6. The lowest BCUT2D eigenvalue weighted by molar-refractivity contribution is 0.143. The van der Waals surface area contributed by atoms with Gasteiger partial charge in [0.2, 0.25) is 0 Å². The van der Waals surface area contributed by atoms with Crippen molar-refractivity contribution in [3.05, 3.63) is 71.3 Å². The summed E-state index contributed by atoms with van der Waals surface area (Å²) < 4.78 is 11.6. The predicted octanol–water partition coefficient (Wildman–Crippen LogP) is 3.87. The average molecular weight is 252 g/mol. The van der Waals surface area contributed by atoms with Gasteiger partial charge < -0.3 is 9.47 Å². The summed E-state index contributed by atoms with van der Waals surface area (Å²) in [5, 5.41) is 0. The van der Waals surface area contributed by atoms with Crippen LogP contribution in [0.25, 0.3) is 11.5 Å². The molecule has 0 spiro atoms. The Morgan fingerprint density at radius 3 is 1.79 bits per heavy atom. The highest BCUT2D eigenvalue weighted by Gasteiger charge is 2.18. The van der Waals surface area contributed by atoms with Crippen molar-refractivity contribution in [3.63, 3.8) is 0 Å². The minimum atomic E-state index is 0.597. The molecule has 1 aliphatic rings. The molecule has 1 aliphatic heterocycles. The van der Waals surface area contributed by atoms with Gasteiger partial charge in [-0.25, -0.2) is 0 Å². The molecule has 0 saturated heterocycles. The highest BCUT2D eigenvalue weighted by molar-refractivity contribution is 5.84. The summed E-state index contributed by atoms with van der Waals surface area (Å²) in [6, 6.07) is 18.4. The van der Waals surface area contributed by atoms with Gasteiger partial charge in [0, 0.05) is 11.1 Å². The van der Waals surface area contributed by atoms with Crippen LogP contribution in [0.4, 0.5) is 0 Å². The Hall–Kier alpha value is -2.22. The summed E-state index contributed by atoms with van der Waals surface area (Å²) in [4.78, 5) is 0. The fourth-order valence-electron chi connectivity index (χ4n) is 2.14.